The van der Waals surface area contributed by atoms with E-state index in [1.807, 2.05) is 6.92 Å². The van der Waals surface area contributed by atoms with Crippen LogP contribution in [0.2, 0.25) is 5.02 Å². The molecule has 0 bridgehead atoms. The van der Waals surface area contributed by atoms with E-state index in [0.717, 1.165) is 5.56 Å². The highest BCUT2D eigenvalue weighted by molar-refractivity contribution is 7.92. The van der Waals surface area contributed by atoms with Crippen molar-refractivity contribution < 1.29 is 13.2 Å². The van der Waals surface area contributed by atoms with E-state index in [4.69, 9.17) is 16.3 Å². The van der Waals surface area contributed by atoms with Gasteiger partial charge >= 0.3 is 0 Å². The first-order valence-corrected chi connectivity index (χ1v) is 9.93. The van der Waals surface area contributed by atoms with Gasteiger partial charge in [-0.1, -0.05) is 41.9 Å². The molecule has 1 fully saturated rings. The molecule has 130 valence electrons. The van der Waals surface area contributed by atoms with Crippen LogP contribution in [0.25, 0.3) is 0 Å². The first kappa shape index (κ1) is 17.9. The molecular weight excluding hydrogens is 358 g/mol. The summed E-state index contributed by atoms with van der Waals surface area (Å²) in [5.41, 5.74) is -0.298. The summed E-state index contributed by atoms with van der Waals surface area (Å²) in [5, 5.41) is 9.57. The fraction of sp³-hybridized carbons (Fsp3) is 0.316. The van der Waals surface area contributed by atoms with Gasteiger partial charge in [-0.2, -0.15) is 5.26 Å². The van der Waals surface area contributed by atoms with Crippen LogP contribution in [0.3, 0.4) is 0 Å². The predicted octanol–water partition coefficient (Wildman–Crippen LogP) is 3.83. The average Bonchev–Trinajstić information content (AvgIpc) is 3.31. The molecule has 3 rings (SSSR count). The van der Waals surface area contributed by atoms with Crippen LogP contribution in [0.15, 0.2) is 59.5 Å². The molecule has 0 N–H and O–H groups in total. The molecule has 0 aromatic heterocycles. The number of ether oxygens (including phenoxy) is 1. The SMILES string of the molecule is CCOC[C@]1(C#N)[C@@H](c2ccc(Cl)cc2)[C@@H]1S(=O)(=O)c1ccccc1. The summed E-state index contributed by atoms with van der Waals surface area (Å²) in [5.74, 6) is -0.438. The normalized spacial score (nSPS) is 25.3. The van der Waals surface area contributed by atoms with E-state index in [1.165, 1.54) is 0 Å². The molecule has 1 aliphatic carbocycles. The second kappa shape index (κ2) is 6.80. The number of rotatable bonds is 6. The Morgan fingerprint density at radius 3 is 2.36 bits per heavy atom. The van der Waals surface area contributed by atoms with Gasteiger partial charge in [0.25, 0.3) is 0 Å². The lowest BCUT2D eigenvalue weighted by molar-refractivity contribution is 0.117. The third-order valence-electron chi connectivity index (χ3n) is 4.64. The van der Waals surface area contributed by atoms with E-state index in [-0.39, 0.29) is 11.5 Å². The Kier molecular flexibility index (Phi) is 4.88. The van der Waals surface area contributed by atoms with E-state index >= 15 is 0 Å². The fourth-order valence-electron chi connectivity index (χ4n) is 3.37. The Hall–Kier alpha value is -1.87. The number of hydrogen-bond donors (Lipinski definition) is 0. The molecule has 0 saturated heterocycles. The van der Waals surface area contributed by atoms with Crippen LogP contribution in [0.4, 0.5) is 0 Å². The molecule has 6 heteroatoms. The van der Waals surface area contributed by atoms with Gasteiger partial charge in [0.1, 0.15) is 5.41 Å². The number of halogens is 1. The van der Waals surface area contributed by atoms with Crippen LogP contribution in [-0.4, -0.2) is 26.9 Å². The largest absolute Gasteiger partial charge is 0.380 e. The third-order valence-corrected chi connectivity index (χ3v) is 7.19. The number of benzene rings is 2. The minimum atomic E-state index is -3.66. The quantitative estimate of drug-likeness (QED) is 0.769. The van der Waals surface area contributed by atoms with E-state index in [1.54, 1.807) is 54.6 Å². The summed E-state index contributed by atoms with van der Waals surface area (Å²) in [4.78, 5) is 0.229. The lowest BCUT2D eigenvalue weighted by Crippen LogP contribution is -2.19. The summed E-state index contributed by atoms with van der Waals surface area (Å²) in [6, 6.07) is 17.5. The van der Waals surface area contributed by atoms with Crippen LogP contribution in [0.5, 0.6) is 0 Å². The molecule has 0 aliphatic heterocycles. The Labute approximate surface area is 152 Å². The van der Waals surface area contributed by atoms with Gasteiger partial charge in [-0.15, -0.1) is 0 Å². The predicted molar refractivity (Wildman–Crippen MR) is 96.1 cm³/mol. The molecule has 4 nitrogen and oxygen atoms in total. The zero-order valence-electron chi connectivity index (χ0n) is 13.7. The highest BCUT2D eigenvalue weighted by Gasteiger charge is 2.72. The highest BCUT2D eigenvalue weighted by atomic mass is 35.5. The molecule has 0 radical (unpaired) electrons. The molecule has 2 aromatic carbocycles. The van der Waals surface area contributed by atoms with Gasteiger partial charge in [0.05, 0.1) is 22.8 Å². The molecule has 2 aromatic rings. The summed E-state index contributed by atoms with van der Waals surface area (Å²) >= 11 is 5.94. The van der Waals surface area contributed by atoms with E-state index in [0.29, 0.717) is 11.6 Å². The summed E-state index contributed by atoms with van der Waals surface area (Å²) in [7, 11) is -3.66. The van der Waals surface area contributed by atoms with Crippen LogP contribution < -0.4 is 0 Å². The molecule has 0 spiro atoms. The zero-order valence-corrected chi connectivity index (χ0v) is 15.3. The summed E-state index contributed by atoms with van der Waals surface area (Å²) < 4.78 is 31.8. The van der Waals surface area contributed by atoms with Crippen molar-refractivity contribution in [1.82, 2.24) is 0 Å². The summed E-state index contributed by atoms with van der Waals surface area (Å²) in [6.45, 7) is 2.34. The first-order valence-electron chi connectivity index (χ1n) is 8.01. The third kappa shape index (κ3) is 3.06. The second-order valence-corrected chi connectivity index (χ2v) is 8.60. The van der Waals surface area contributed by atoms with Gasteiger partial charge < -0.3 is 4.74 Å². The van der Waals surface area contributed by atoms with Crippen molar-refractivity contribution in [2.45, 2.75) is 23.0 Å². The van der Waals surface area contributed by atoms with E-state index in [2.05, 4.69) is 6.07 Å². The molecule has 3 atom stereocenters. The number of nitrogens with zero attached hydrogens (tertiary/aromatic N) is 1. The van der Waals surface area contributed by atoms with Crippen molar-refractivity contribution in [2.24, 2.45) is 5.41 Å². The molecule has 1 saturated carbocycles. The van der Waals surface area contributed by atoms with Crippen molar-refractivity contribution in [1.29, 1.82) is 5.26 Å². The Bertz CT molecular complexity index is 891. The molecule has 1 aliphatic rings. The number of sulfone groups is 1. The van der Waals surface area contributed by atoms with Crippen molar-refractivity contribution in [3.05, 3.63) is 65.2 Å². The van der Waals surface area contributed by atoms with Gasteiger partial charge in [0.2, 0.25) is 0 Å². The second-order valence-electron chi connectivity index (χ2n) is 6.10. The number of nitriles is 1. The lowest BCUT2D eigenvalue weighted by atomic mass is 10.0. The van der Waals surface area contributed by atoms with Gasteiger partial charge in [0.15, 0.2) is 9.84 Å². The molecule has 0 amide bonds. The van der Waals surface area contributed by atoms with Gasteiger partial charge in [-0.3, -0.25) is 0 Å². The van der Waals surface area contributed by atoms with Crippen molar-refractivity contribution in [2.75, 3.05) is 13.2 Å². The average molecular weight is 376 g/mol. The van der Waals surface area contributed by atoms with Gasteiger partial charge in [-0.05, 0) is 36.8 Å². The monoisotopic (exact) mass is 375 g/mol. The van der Waals surface area contributed by atoms with Crippen LogP contribution >= 0.6 is 11.6 Å². The van der Waals surface area contributed by atoms with Crippen molar-refractivity contribution in [3.63, 3.8) is 0 Å². The Morgan fingerprint density at radius 2 is 1.80 bits per heavy atom. The van der Waals surface area contributed by atoms with E-state index in [9.17, 15) is 13.7 Å². The smallest absolute Gasteiger partial charge is 0.183 e. The standard InChI is InChI=1S/C19H18ClNO3S/c1-2-24-13-19(12-21)17(14-8-10-15(20)11-9-14)18(19)25(22,23)16-6-4-3-5-7-16/h3-11,17-18H,2,13H2,1H3/t17-,18-,19+/m0/s1. The lowest BCUT2D eigenvalue weighted by Gasteiger charge is -2.09. The number of hydrogen-bond acceptors (Lipinski definition) is 4. The molecule has 0 heterocycles. The van der Waals surface area contributed by atoms with Gasteiger partial charge in [0, 0.05) is 17.5 Å². The first-order chi connectivity index (χ1) is 12.0. The zero-order chi connectivity index (χ0) is 18.1. The fourth-order valence-corrected chi connectivity index (χ4v) is 5.82. The maximum Gasteiger partial charge on any atom is 0.183 e. The molecule has 25 heavy (non-hydrogen) atoms. The Balaban J connectivity index is 2.06. The maximum absolute atomic E-state index is 13.2. The topological polar surface area (TPSA) is 67.2 Å². The van der Waals surface area contributed by atoms with Gasteiger partial charge in [-0.25, -0.2) is 8.42 Å². The minimum Gasteiger partial charge on any atom is -0.380 e. The molecular formula is C19H18ClNO3S. The minimum absolute atomic E-state index is 0.0873. The van der Waals surface area contributed by atoms with E-state index < -0.39 is 26.4 Å². The van der Waals surface area contributed by atoms with Crippen molar-refractivity contribution >= 4 is 21.4 Å². The van der Waals surface area contributed by atoms with Crippen LogP contribution in [-0.2, 0) is 14.6 Å². The molecule has 0 unspecified atom stereocenters. The summed E-state index contributed by atoms with van der Waals surface area (Å²) in [6.07, 6.45) is 0. The van der Waals surface area contributed by atoms with Crippen LogP contribution in [0.1, 0.15) is 18.4 Å². The highest BCUT2D eigenvalue weighted by Crippen LogP contribution is 2.63. The Morgan fingerprint density at radius 1 is 1.16 bits per heavy atom. The van der Waals surface area contributed by atoms with Crippen molar-refractivity contribution in [3.8, 4) is 6.07 Å². The maximum atomic E-state index is 13.2. The van der Waals surface area contributed by atoms with Crippen LogP contribution in [0, 0.1) is 16.7 Å².